The predicted octanol–water partition coefficient (Wildman–Crippen LogP) is 9.17. The minimum atomic E-state index is 1.08. The fourth-order valence-electron chi connectivity index (χ4n) is 4.46. The van der Waals surface area contributed by atoms with E-state index in [-0.39, 0.29) is 0 Å². The van der Waals surface area contributed by atoms with Gasteiger partial charge in [-0.3, -0.25) is 0 Å². The molecule has 0 bridgehead atoms. The van der Waals surface area contributed by atoms with E-state index >= 15 is 0 Å². The zero-order valence-corrected chi connectivity index (χ0v) is 19.1. The number of fused-ring (bicyclic) bond motifs is 3. The molecule has 0 radical (unpaired) electrons. The first-order valence-electron chi connectivity index (χ1n) is 11.4. The van der Waals surface area contributed by atoms with Crippen molar-refractivity contribution in [2.45, 2.75) is 12.8 Å². The maximum atomic E-state index is 3.52. The molecule has 1 aliphatic rings. The van der Waals surface area contributed by atoms with Crippen molar-refractivity contribution in [2.24, 2.45) is 0 Å². The molecule has 33 heavy (non-hydrogen) atoms. The number of anilines is 4. The number of hydrogen-bond donors (Lipinski definition) is 1. The number of rotatable bonds is 5. The van der Waals surface area contributed by atoms with Gasteiger partial charge in [0.2, 0.25) is 0 Å². The van der Waals surface area contributed by atoms with Crippen LogP contribution in [0, 0.1) is 0 Å². The number of allylic oxidation sites excluding steroid dienone is 3. The molecule has 4 aromatic carbocycles. The van der Waals surface area contributed by atoms with Crippen LogP contribution in [0.15, 0.2) is 121 Å². The number of hydrogen-bond acceptors (Lipinski definition) is 3. The summed E-state index contributed by atoms with van der Waals surface area (Å²) in [7, 11) is 0. The van der Waals surface area contributed by atoms with Crippen molar-refractivity contribution >= 4 is 54.3 Å². The molecule has 1 N–H and O–H groups in total. The van der Waals surface area contributed by atoms with Crippen molar-refractivity contribution in [1.82, 2.24) is 0 Å². The summed E-state index contributed by atoms with van der Waals surface area (Å²) in [5, 5.41) is 6.13. The van der Waals surface area contributed by atoms with Gasteiger partial charge in [0.1, 0.15) is 0 Å². The van der Waals surface area contributed by atoms with Gasteiger partial charge in [0.15, 0.2) is 0 Å². The zero-order chi connectivity index (χ0) is 22.0. The Morgan fingerprint density at radius 3 is 2.24 bits per heavy atom. The Hall–Kier alpha value is -3.82. The summed E-state index contributed by atoms with van der Waals surface area (Å²) in [6.07, 6.45) is 9.04. The molecule has 0 unspecified atom stereocenters. The molecular weight excluding hydrogens is 420 g/mol. The van der Waals surface area contributed by atoms with E-state index < -0.39 is 0 Å². The van der Waals surface area contributed by atoms with Crippen LogP contribution in [0.2, 0.25) is 0 Å². The minimum absolute atomic E-state index is 1.08. The van der Waals surface area contributed by atoms with Gasteiger partial charge in [0, 0.05) is 48.6 Å². The Bertz CT molecular complexity index is 1480. The fourth-order valence-corrected chi connectivity index (χ4v) is 5.59. The molecule has 3 heteroatoms. The van der Waals surface area contributed by atoms with Crippen LogP contribution in [0.5, 0.6) is 0 Å². The standard InChI is InChI=1S/C30H24N2S/c1-4-10-22(11-5-1)31-23-16-18-27-28-21-26(17-19-29(28)33-30(27)20-23)32(24-12-6-2-7-13-24)25-14-8-3-9-15-25/h1-2,4-8,10-21,31H,3,9H2. The van der Waals surface area contributed by atoms with Crippen LogP contribution in [0.1, 0.15) is 12.8 Å². The van der Waals surface area contributed by atoms with Crippen LogP contribution in [-0.4, -0.2) is 0 Å². The lowest BCUT2D eigenvalue weighted by Gasteiger charge is -2.27. The summed E-state index contributed by atoms with van der Waals surface area (Å²) >= 11 is 1.85. The minimum Gasteiger partial charge on any atom is -0.355 e. The van der Waals surface area contributed by atoms with Crippen molar-refractivity contribution in [2.75, 3.05) is 10.2 Å². The first-order valence-corrected chi connectivity index (χ1v) is 12.2. The van der Waals surface area contributed by atoms with E-state index in [4.69, 9.17) is 0 Å². The molecule has 0 aliphatic heterocycles. The van der Waals surface area contributed by atoms with E-state index in [2.05, 4.69) is 119 Å². The Labute approximate surface area is 198 Å². The topological polar surface area (TPSA) is 15.3 Å². The number of thiophene rings is 1. The average Bonchev–Trinajstić information content (AvgIpc) is 3.23. The summed E-state index contributed by atoms with van der Waals surface area (Å²) in [6, 6.07) is 34.5. The molecule has 160 valence electrons. The van der Waals surface area contributed by atoms with Crippen molar-refractivity contribution in [3.8, 4) is 0 Å². The summed E-state index contributed by atoms with van der Waals surface area (Å²) in [5.74, 6) is 0. The highest BCUT2D eigenvalue weighted by atomic mass is 32.1. The van der Waals surface area contributed by atoms with Crippen molar-refractivity contribution in [3.63, 3.8) is 0 Å². The first-order chi connectivity index (χ1) is 16.3. The highest BCUT2D eigenvalue weighted by molar-refractivity contribution is 7.25. The number of nitrogens with one attached hydrogen (secondary N) is 1. The first kappa shape index (κ1) is 19.8. The lowest BCUT2D eigenvalue weighted by atomic mass is 10.1. The van der Waals surface area contributed by atoms with Crippen LogP contribution < -0.4 is 10.2 Å². The van der Waals surface area contributed by atoms with Crippen molar-refractivity contribution in [3.05, 3.63) is 121 Å². The average molecular weight is 445 g/mol. The summed E-state index contributed by atoms with van der Waals surface area (Å²) in [6.45, 7) is 0. The van der Waals surface area contributed by atoms with E-state index in [0.29, 0.717) is 0 Å². The van der Waals surface area contributed by atoms with Crippen molar-refractivity contribution < 1.29 is 0 Å². The summed E-state index contributed by atoms with van der Waals surface area (Å²) in [4.78, 5) is 2.37. The van der Waals surface area contributed by atoms with Crippen molar-refractivity contribution in [1.29, 1.82) is 0 Å². The summed E-state index contributed by atoms with van der Waals surface area (Å²) < 4.78 is 2.61. The number of nitrogens with zero attached hydrogens (tertiary/aromatic N) is 1. The highest BCUT2D eigenvalue weighted by Gasteiger charge is 2.16. The van der Waals surface area contributed by atoms with Gasteiger partial charge in [0.05, 0.1) is 0 Å². The Morgan fingerprint density at radius 2 is 1.45 bits per heavy atom. The maximum absolute atomic E-state index is 3.52. The smallest absolute Gasteiger partial charge is 0.0468 e. The van der Waals surface area contributed by atoms with Gasteiger partial charge in [-0.25, -0.2) is 0 Å². The fraction of sp³-hybridized carbons (Fsp3) is 0.0667. The van der Waals surface area contributed by atoms with E-state index in [1.54, 1.807) is 0 Å². The van der Waals surface area contributed by atoms with E-state index in [1.807, 2.05) is 17.4 Å². The molecule has 1 aliphatic carbocycles. The molecular formula is C30H24N2S. The second-order valence-corrected chi connectivity index (χ2v) is 9.35. The number of para-hydroxylation sites is 2. The highest BCUT2D eigenvalue weighted by Crippen LogP contribution is 2.40. The molecule has 0 spiro atoms. The second-order valence-electron chi connectivity index (χ2n) is 8.26. The van der Waals surface area contributed by atoms with Crippen LogP contribution in [-0.2, 0) is 0 Å². The molecule has 5 aromatic rings. The predicted molar refractivity (Wildman–Crippen MR) is 144 cm³/mol. The van der Waals surface area contributed by atoms with Crippen LogP contribution in [0.3, 0.4) is 0 Å². The van der Waals surface area contributed by atoms with Gasteiger partial charge < -0.3 is 10.2 Å². The SMILES string of the molecule is C1=CC(N(c2ccccc2)c2ccc3sc4cc(Nc5ccccc5)ccc4c3c2)=CCC1. The van der Waals surface area contributed by atoms with Gasteiger partial charge in [0.25, 0.3) is 0 Å². The zero-order valence-electron chi connectivity index (χ0n) is 18.2. The van der Waals surface area contributed by atoms with Gasteiger partial charge in [-0.2, -0.15) is 0 Å². The molecule has 0 saturated carbocycles. The number of benzene rings is 4. The monoisotopic (exact) mass is 444 g/mol. The van der Waals surface area contributed by atoms with Gasteiger partial charge in [-0.15, -0.1) is 11.3 Å². The molecule has 1 aromatic heterocycles. The molecule has 0 saturated heterocycles. The molecule has 2 nitrogen and oxygen atoms in total. The largest absolute Gasteiger partial charge is 0.355 e. The van der Waals surface area contributed by atoms with E-state index in [9.17, 15) is 0 Å². The second kappa shape index (κ2) is 8.61. The normalized spacial score (nSPS) is 13.3. The summed E-state index contributed by atoms with van der Waals surface area (Å²) in [5.41, 5.74) is 5.83. The molecule has 6 rings (SSSR count). The van der Waals surface area contributed by atoms with Crippen LogP contribution >= 0.6 is 11.3 Å². The maximum Gasteiger partial charge on any atom is 0.0468 e. The Kier molecular flexibility index (Phi) is 5.17. The van der Waals surface area contributed by atoms with Crippen LogP contribution in [0.25, 0.3) is 20.2 Å². The quantitative estimate of drug-likeness (QED) is 0.291. The van der Waals surface area contributed by atoms with E-state index in [0.717, 1.165) is 24.2 Å². The van der Waals surface area contributed by atoms with Gasteiger partial charge >= 0.3 is 0 Å². The third-order valence-corrected chi connectivity index (χ3v) is 7.16. The van der Waals surface area contributed by atoms with E-state index in [1.165, 1.54) is 37.2 Å². The Morgan fingerprint density at radius 1 is 0.636 bits per heavy atom. The lowest BCUT2D eigenvalue weighted by Crippen LogP contribution is -2.15. The van der Waals surface area contributed by atoms with Crippen LogP contribution in [0.4, 0.5) is 22.7 Å². The van der Waals surface area contributed by atoms with Gasteiger partial charge in [-0.05, 0) is 73.5 Å². The molecule has 1 heterocycles. The molecule has 0 amide bonds. The Balaban J connectivity index is 1.43. The third kappa shape index (κ3) is 3.92. The third-order valence-electron chi connectivity index (χ3n) is 6.02. The van der Waals surface area contributed by atoms with Gasteiger partial charge in [-0.1, -0.05) is 54.6 Å². The molecule has 0 fully saturated rings. The molecule has 0 atom stereocenters. The lowest BCUT2D eigenvalue weighted by molar-refractivity contribution is 0.997.